The van der Waals surface area contributed by atoms with Gasteiger partial charge in [0.25, 0.3) is 0 Å². The first kappa shape index (κ1) is 10.7. The predicted molar refractivity (Wildman–Crippen MR) is 64.4 cm³/mol. The molecule has 0 aliphatic rings. The summed E-state index contributed by atoms with van der Waals surface area (Å²) in [4.78, 5) is 0.920. The lowest BCUT2D eigenvalue weighted by molar-refractivity contribution is 0.182. The first-order valence-electron chi connectivity index (χ1n) is 4.71. The summed E-state index contributed by atoms with van der Waals surface area (Å²) in [5, 5.41) is 12.5. The minimum absolute atomic E-state index is 0.454. The Balaban J connectivity index is 2.07. The zero-order valence-electron chi connectivity index (χ0n) is 8.06. The molecular formula is C12H11ClOS. The van der Waals surface area contributed by atoms with E-state index in [4.69, 9.17) is 11.6 Å². The Morgan fingerprint density at radius 3 is 2.60 bits per heavy atom. The zero-order valence-corrected chi connectivity index (χ0v) is 9.63. The fourth-order valence-corrected chi connectivity index (χ4v) is 2.51. The number of halogens is 1. The molecule has 78 valence electrons. The second-order valence-electron chi connectivity index (χ2n) is 3.37. The Morgan fingerprint density at radius 2 is 2.00 bits per heavy atom. The highest BCUT2D eigenvalue weighted by atomic mass is 35.5. The third kappa shape index (κ3) is 2.81. The standard InChI is InChI=1S/C12H11ClOS/c13-10-7-12(15-8-10)11(14)6-9-4-2-1-3-5-9/h1-5,7-8,11,14H,6H2. The van der Waals surface area contributed by atoms with E-state index in [1.165, 1.54) is 11.3 Å². The van der Waals surface area contributed by atoms with E-state index in [-0.39, 0.29) is 0 Å². The van der Waals surface area contributed by atoms with Gasteiger partial charge in [0.1, 0.15) is 0 Å². The van der Waals surface area contributed by atoms with Gasteiger partial charge in [0.15, 0.2) is 0 Å². The van der Waals surface area contributed by atoms with Gasteiger partial charge in [0.2, 0.25) is 0 Å². The molecule has 1 unspecified atom stereocenters. The van der Waals surface area contributed by atoms with E-state index in [0.29, 0.717) is 11.4 Å². The Morgan fingerprint density at radius 1 is 1.27 bits per heavy atom. The number of thiophene rings is 1. The van der Waals surface area contributed by atoms with E-state index in [0.717, 1.165) is 10.4 Å². The normalized spacial score (nSPS) is 12.7. The van der Waals surface area contributed by atoms with Gasteiger partial charge in [0, 0.05) is 16.7 Å². The van der Waals surface area contributed by atoms with Crippen molar-refractivity contribution in [1.82, 2.24) is 0 Å². The van der Waals surface area contributed by atoms with Crippen molar-refractivity contribution in [2.75, 3.05) is 0 Å². The number of rotatable bonds is 3. The smallest absolute Gasteiger partial charge is 0.0922 e. The van der Waals surface area contributed by atoms with Crippen LogP contribution in [0, 0.1) is 0 Å². The number of benzene rings is 1. The molecule has 1 aromatic carbocycles. The minimum atomic E-state index is -0.454. The van der Waals surface area contributed by atoms with E-state index < -0.39 is 6.10 Å². The molecule has 1 heterocycles. The Kier molecular flexibility index (Phi) is 3.41. The van der Waals surface area contributed by atoms with E-state index in [2.05, 4.69) is 0 Å². The van der Waals surface area contributed by atoms with Crippen LogP contribution >= 0.6 is 22.9 Å². The summed E-state index contributed by atoms with van der Waals surface area (Å²) < 4.78 is 0. The molecule has 3 heteroatoms. The van der Waals surface area contributed by atoms with Crippen molar-refractivity contribution in [1.29, 1.82) is 0 Å². The SMILES string of the molecule is OC(Cc1ccccc1)c1cc(Cl)cs1. The number of aliphatic hydroxyl groups excluding tert-OH is 1. The van der Waals surface area contributed by atoms with Crippen molar-refractivity contribution in [2.24, 2.45) is 0 Å². The molecule has 0 amide bonds. The Bertz CT molecular complexity index is 424. The van der Waals surface area contributed by atoms with E-state index in [1.54, 1.807) is 0 Å². The lowest BCUT2D eigenvalue weighted by Crippen LogP contribution is -1.98. The van der Waals surface area contributed by atoms with Crippen LogP contribution in [0.4, 0.5) is 0 Å². The second-order valence-corrected chi connectivity index (χ2v) is 4.75. The number of hydrogen-bond donors (Lipinski definition) is 1. The summed E-state index contributed by atoms with van der Waals surface area (Å²) in [6.07, 6.45) is 0.183. The molecule has 2 aromatic rings. The van der Waals surface area contributed by atoms with Crippen LogP contribution in [0.1, 0.15) is 16.5 Å². The van der Waals surface area contributed by atoms with Crippen LogP contribution in [0.2, 0.25) is 5.02 Å². The zero-order chi connectivity index (χ0) is 10.7. The van der Waals surface area contributed by atoms with Crippen molar-refractivity contribution in [3.8, 4) is 0 Å². The lowest BCUT2D eigenvalue weighted by atomic mass is 10.1. The van der Waals surface area contributed by atoms with Gasteiger partial charge in [-0.2, -0.15) is 0 Å². The molecule has 1 atom stereocenters. The Hall–Kier alpha value is -0.830. The van der Waals surface area contributed by atoms with Crippen LogP contribution < -0.4 is 0 Å². The molecule has 0 saturated carbocycles. The first-order valence-corrected chi connectivity index (χ1v) is 5.97. The summed E-state index contributed by atoms with van der Waals surface area (Å²) >= 11 is 7.30. The van der Waals surface area contributed by atoms with Gasteiger partial charge in [-0.1, -0.05) is 41.9 Å². The third-order valence-electron chi connectivity index (χ3n) is 2.19. The van der Waals surface area contributed by atoms with Gasteiger partial charge in [-0.15, -0.1) is 11.3 Å². The highest BCUT2D eigenvalue weighted by Gasteiger charge is 2.10. The summed E-state index contributed by atoms with van der Waals surface area (Å²) in [5.74, 6) is 0. The molecule has 0 saturated heterocycles. The van der Waals surface area contributed by atoms with Crippen LogP contribution in [-0.4, -0.2) is 5.11 Å². The maximum atomic E-state index is 9.94. The van der Waals surface area contributed by atoms with Gasteiger partial charge in [-0.05, 0) is 11.6 Å². The number of hydrogen-bond acceptors (Lipinski definition) is 2. The topological polar surface area (TPSA) is 20.2 Å². The molecule has 0 fully saturated rings. The lowest BCUT2D eigenvalue weighted by Gasteiger charge is -2.07. The maximum Gasteiger partial charge on any atom is 0.0922 e. The van der Waals surface area contributed by atoms with E-state index >= 15 is 0 Å². The van der Waals surface area contributed by atoms with Crippen LogP contribution in [0.3, 0.4) is 0 Å². The summed E-state index contributed by atoms with van der Waals surface area (Å²) in [6.45, 7) is 0. The van der Waals surface area contributed by atoms with Crippen molar-refractivity contribution >= 4 is 22.9 Å². The minimum Gasteiger partial charge on any atom is -0.387 e. The molecule has 2 rings (SSSR count). The average molecular weight is 239 g/mol. The largest absolute Gasteiger partial charge is 0.387 e. The van der Waals surface area contributed by atoms with Crippen molar-refractivity contribution in [3.63, 3.8) is 0 Å². The van der Waals surface area contributed by atoms with Crippen LogP contribution in [0.5, 0.6) is 0 Å². The predicted octanol–water partition coefficient (Wildman–Crippen LogP) is 3.68. The molecule has 0 aliphatic carbocycles. The Labute approximate surface area is 98.0 Å². The average Bonchev–Trinajstić information content (AvgIpc) is 2.66. The molecule has 0 aliphatic heterocycles. The quantitative estimate of drug-likeness (QED) is 0.865. The van der Waals surface area contributed by atoms with Crippen LogP contribution in [-0.2, 0) is 6.42 Å². The van der Waals surface area contributed by atoms with Gasteiger partial charge in [0.05, 0.1) is 11.1 Å². The van der Waals surface area contributed by atoms with E-state index in [1.807, 2.05) is 41.8 Å². The molecule has 1 N–H and O–H groups in total. The highest BCUT2D eigenvalue weighted by molar-refractivity contribution is 7.10. The van der Waals surface area contributed by atoms with Gasteiger partial charge in [-0.3, -0.25) is 0 Å². The second kappa shape index (κ2) is 4.79. The fraction of sp³-hybridized carbons (Fsp3) is 0.167. The van der Waals surface area contributed by atoms with Crippen molar-refractivity contribution in [3.05, 3.63) is 57.2 Å². The van der Waals surface area contributed by atoms with Crippen molar-refractivity contribution < 1.29 is 5.11 Å². The summed E-state index contributed by atoms with van der Waals surface area (Å²) in [7, 11) is 0. The third-order valence-corrected chi connectivity index (χ3v) is 3.57. The summed E-state index contributed by atoms with van der Waals surface area (Å²) in [5.41, 5.74) is 1.13. The fourth-order valence-electron chi connectivity index (χ4n) is 1.44. The summed E-state index contributed by atoms with van der Waals surface area (Å²) in [6, 6.07) is 11.8. The molecule has 1 aromatic heterocycles. The van der Waals surface area contributed by atoms with E-state index in [9.17, 15) is 5.11 Å². The molecule has 0 bridgehead atoms. The van der Waals surface area contributed by atoms with Crippen LogP contribution in [0.25, 0.3) is 0 Å². The maximum absolute atomic E-state index is 9.94. The molecule has 15 heavy (non-hydrogen) atoms. The molecular weight excluding hydrogens is 228 g/mol. The molecule has 1 nitrogen and oxygen atoms in total. The van der Waals surface area contributed by atoms with Gasteiger partial charge in [-0.25, -0.2) is 0 Å². The molecule has 0 radical (unpaired) electrons. The highest BCUT2D eigenvalue weighted by Crippen LogP contribution is 2.27. The number of aliphatic hydroxyl groups is 1. The van der Waals surface area contributed by atoms with Gasteiger partial charge >= 0.3 is 0 Å². The first-order chi connectivity index (χ1) is 7.25. The monoisotopic (exact) mass is 238 g/mol. The van der Waals surface area contributed by atoms with Crippen LogP contribution in [0.15, 0.2) is 41.8 Å². The molecule has 0 spiro atoms. The van der Waals surface area contributed by atoms with Gasteiger partial charge < -0.3 is 5.11 Å². The van der Waals surface area contributed by atoms with Crippen molar-refractivity contribution in [2.45, 2.75) is 12.5 Å².